The summed E-state index contributed by atoms with van der Waals surface area (Å²) >= 11 is 0. The zero-order valence-corrected chi connectivity index (χ0v) is 6.91. The van der Waals surface area contributed by atoms with Gasteiger partial charge in [0.15, 0.2) is 5.58 Å². The normalized spacial score (nSPS) is 11.1. The van der Waals surface area contributed by atoms with E-state index in [4.69, 9.17) is 4.42 Å². The summed E-state index contributed by atoms with van der Waals surface area (Å²) in [5, 5.41) is 0. The van der Waals surface area contributed by atoms with E-state index in [2.05, 4.69) is 4.98 Å². The smallest absolute Gasteiger partial charge is 0.267 e. The Balaban J connectivity index is 2.72. The largest absolute Gasteiger partial charge is 0.433 e. The van der Waals surface area contributed by atoms with Crippen LogP contribution < -0.4 is 0 Å². The molecule has 1 aromatic carbocycles. The van der Waals surface area contributed by atoms with Crippen LogP contribution in [0.3, 0.4) is 0 Å². The highest BCUT2D eigenvalue weighted by molar-refractivity contribution is 5.81. The molecule has 3 nitrogen and oxygen atoms in total. The van der Waals surface area contributed by atoms with Crippen LogP contribution in [0.2, 0.25) is 0 Å². The molecule has 1 aromatic heterocycles. The third-order valence-corrected chi connectivity index (χ3v) is 1.80. The number of rotatable bonds is 2. The molecule has 0 N–H and O–H groups in total. The molecule has 0 aliphatic carbocycles. The summed E-state index contributed by atoms with van der Waals surface area (Å²) in [7, 11) is 0. The predicted octanol–water partition coefficient (Wildman–Crippen LogP) is 2.58. The molecule has 5 heteroatoms. The van der Waals surface area contributed by atoms with Crippen molar-refractivity contribution in [2.45, 2.75) is 6.43 Å². The lowest BCUT2D eigenvalue weighted by molar-refractivity contribution is 0.109. The number of aldehydes is 1. The maximum atomic E-state index is 12.4. The van der Waals surface area contributed by atoms with Crippen LogP contribution >= 0.6 is 0 Å². The summed E-state index contributed by atoms with van der Waals surface area (Å²) in [5.41, 5.74) is -0.00222. The van der Waals surface area contributed by atoms with Crippen molar-refractivity contribution >= 4 is 17.4 Å². The van der Waals surface area contributed by atoms with Crippen LogP contribution in [0.25, 0.3) is 11.1 Å². The Morgan fingerprint density at radius 1 is 1.43 bits per heavy atom. The number of oxazole rings is 1. The monoisotopic (exact) mass is 197 g/mol. The minimum absolute atomic E-state index is 0.0235. The van der Waals surface area contributed by atoms with Crippen LogP contribution in [0.15, 0.2) is 22.6 Å². The first-order valence-electron chi connectivity index (χ1n) is 3.85. The SMILES string of the molecule is O=Cc1nc2cccc(C(F)F)c2o1. The van der Waals surface area contributed by atoms with E-state index in [1.807, 2.05) is 0 Å². The third kappa shape index (κ3) is 1.26. The van der Waals surface area contributed by atoms with Gasteiger partial charge < -0.3 is 4.42 Å². The average molecular weight is 197 g/mol. The van der Waals surface area contributed by atoms with Gasteiger partial charge in [0.25, 0.3) is 12.3 Å². The van der Waals surface area contributed by atoms with E-state index in [0.29, 0.717) is 6.29 Å². The molecule has 72 valence electrons. The van der Waals surface area contributed by atoms with Gasteiger partial charge in [0.1, 0.15) is 5.52 Å². The fourth-order valence-electron chi connectivity index (χ4n) is 1.21. The Hall–Kier alpha value is -1.78. The zero-order chi connectivity index (χ0) is 10.1. The Bertz CT molecular complexity index is 479. The molecule has 2 rings (SSSR count). The van der Waals surface area contributed by atoms with Crippen LogP contribution in [0.4, 0.5) is 8.78 Å². The number of halogens is 2. The number of nitrogens with zero attached hydrogens (tertiary/aromatic N) is 1. The Kier molecular flexibility index (Phi) is 1.99. The number of hydrogen-bond donors (Lipinski definition) is 0. The van der Waals surface area contributed by atoms with Crippen LogP contribution in [0.1, 0.15) is 22.7 Å². The first-order chi connectivity index (χ1) is 6.72. The molecule has 0 amide bonds. The van der Waals surface area contributed by atoms with Crippen molar-refractivity contribution in [1.29, 1.82) is 0 Å². The maximum absolute atomic E-state index is 12.4. The fourth-order valence-corrected chi connectivity index (χ4v) is 1.21. The van der Waals surface area contributed by atoms with E-state index < -0.39 is 6.43 Å². The molecule has 0 aliphatic rings. The molecular weight excluding hydrogens is 192 g/mol. The van der Waals surface area contributed by atoms with E-state index >= 15 is 0 Å². The number of benzene rings is 1. The van der Waals surface area contributed by atoms with E-state index in [1.54, 1.807) is 0 Å². The van der Waals surface area contributed by atoms with Crippen molar-refractivity contribution in [1.82, 2.24) is 4.98 Å². The summed E-state index contributed by atoms with van der Waals surface area (Å²) < 4.78 is 29.7. The zero-order valence-electron chi connectivity index (χ0n) is 6.91. The van der Waals surface area contributed by atoms with E-state index in [9.17, 15) is 13.6 Å². The van der Waals surface area contributed by atoms with Crippen LogP contribution in [-0.4, -0.2) is 11.3 Å². The molecule has 0 spiro atoms. The van der Waals surface area contributed by atoms with Crippen molar-refractivity contribution < 1.29 is 18.0 Å². The quantitative estimate of drug-likeness (QED) is 0.695. The molecule has 14 heavy (non-hydrogen) atoms. The van der Waals surface area contributed by atoms with Gasteiger partial charge in [0, 0.05) is 0 Å². The van der Waals surface area contributed by atoms with Gasteiger partial charge in [-0.25, -0.2) is 13.8 Å². The molecule has 0 aliphatic heterocycles. The summed E-state index contributed by atoms with van der Waals surface area (Å²) in [6.07, 6.45) is -2.25. The minimum Gasteiger partial charge on any atom is -0.433 e. The minimum atomic E-state index is -2.63. The second-order valence-electron chi connectivity index (χ2n) is 2.67. The number of alkyl halides is 2. The van der Waals surface area contributed by atoms with E-state index in [0.717, 1.165) is 0 Å². The van der Waals surface area contributed by atoms with Crippen LogP contribution in [0.5, 0.6) is 0 Å². The lowest BCUT2D eigenvalue weighted by Crippen LogP contribution is -1.83. The maximum Gasteiger partial charge on any atom is 0.267 e. The number of hydrogen-bond acceptors (Lipinski definition) is 3. The van der Waals surface area contributed by atoms with Gasteiger partial charge in [-0.1, -0.05) is 6.07 Å². The summed E-state index contributed by atoms with van der Waals surface area (Å²) in [4.78, 5) is 14.0. The van der Waals surface area contributed by atoms with Crippen LogP contribution in [0, 0.1) is 0 Å². The van der Waals surface area contributed by atoms with Gasteiger partial charge in [0.2, 0.25) is 6.29 Å². The molecule has 2 aromatic rings. The van der Waals surface area contributed by atoms with Crippen LogP contribution in [-0.2, 0) is 0 Å². The molecular formula is C9H5F2NO2. The second kappa shape index (κ2) is 3.17. The standard InChI is InChI=1S/C9H5F2NO2/c10-9(11)5-2-1-3-6-8(5)14-7(4-13)12-6/h1-4,9H. The Morgan fingerprint density at radius 2 is 2.21 bits per heavy atom. The van der Waals surface area contributed by atoms with Crippen molar-refractivity contribution in [2.75, 3.05) is 0 Å². The van der Waals surface area contributed by atoms with Gasteiger partial charge in [-0.15, -0.1) is 0 Å². The lowest BCUT2D eigenvalue weighted by atomic mass is 10.2. The highest BCUT2D eigenvalue weighted by Gasteiger charge is 2.15. The third-order valence-electron chi connectivity index (χ3n) is 1.80. The van der Waals surface area contributed by atoms with E-state index in [1.165, 1.54) is 18.2 Å². The van der Waals surface area contributed by atoms with Gasteiger partial charge in [-0.3, -0.25) is 4.79 Å². The summed E-state index contributed by atoms with van der Waals surface area (Å²) in [6, 6.07) is 4.20. The summed E-state index contributed by atoms with van der Waals surface area (Å²) in [6.45, 7) is 0. The summed E-state index contributed by atoms with van der Waals surface area (Å²) in [5.74, 6) is -0.187. The molecule has 0 unspecified atom stereocenters. The molecule has 0 saturated carbocycles. The molecule has 1 heterocycles. The Morgan fingerprint density at radius 3 is 2.86 bits per heavy atom. The molecule has 0 atom stereocenters. The Labute approximate surface area is 77.3 Å². The molecule has 0 radical (unpaired) electrons. The fraction of sp³-hybridized carbons (Fsp3) is 0.111. The van der Waals surface area contributed by atoms with Crippen molar-refractivity contribution in [3.63, 3.8) is 0 Å². The van der Waals surface area contributed by atoms with Gasteiger partial charge in [-0.05, 0) is 12.1 Å². The molecule has 0 fully saturated rings. The molecule has 0 saturated heterocycles. The van der Waals surface area contributed by atoms with Gasteiger partial charge >= 0.3 is 0 Å². The first-order valence-corrected chi connectivity index (χ1v) is 3.85. The predicted molar refractivity (Wildman–Crippen MR) is 44.4 cm³/mol. The van der Waals surface area contributed by atoms with E-state index in [-0.39, 0.29) is 22.6 Å². The first kappa shape index (κ1) is 8.80. The van der Waals surface area contributed by atoms with Gasteiger partial charge in [0.05, 0.1) is 5.56 Å². The lowest BCUT2D eigenvalue weighted by Gasteiger charge is -1.97. The number of para-hydroxylation sites is 1. The number of aromatic nitrogens is 1. The van der Waals surface area contributed by atoms with Crippen molar-refractivity contribution in [3.8, 4) is 0 Å². The number of carbonyl (C=O) groups is 1. The average Bonchev–Trinajstić information content (AvgIpc) is 2.59. The van der Waals surface area contributed by atoms with Crippen molar-refractivity contribution in [2.24, 2.45) is 0 Å². The molecule has 0 bridgehead atoms. The van der Waals surface area contributed by atoms with Crippen molar-refractivity contribution in [3.05, 3.63) is 29.7 Å². The highest BCUT2D eigenvalue weighted by atomic mass is 19.3. The topological polar surface area (TPSA) is 43.1 Å². The second-order valence-corrected chi connectivity index (χ2v) is 2.67. The highest BCUT2D eigenvalue weighted by Crippen LogP contribution is 2.27. The number of carbonyl (C=O) groups excluding carboxylic acids is 1. The van der Waals surface area contributed by atoms with Gasteiger partial charge in [-0.2, -0.15) is 0 Å². The number of fused-ring (bicyclic) bond motifs is 1.